The average molecular weight is 286 g/mol. The van der Waals surface area contributed by atoms with Crippen LogP contribution in [0.4, 0.5) is 0 Å². The summed E-state index contributed by atoms with van der Waals surface area (Å²) in [7, 11) is 0. The van der Waals surface area contributed by atoms with Gasteiger partial charge in [0.15, 0.2) is 0 Å². The molecular formula is C12H13Cl2N3O. The second-order valence-corrected chi connectivity index (χ2v) is 4.55. The van der Waals surface area contributed by atoms with E-state index in [2.05, 4.69) is 15.5 Å². The van der Waals surface area contributed by atoms with Crippen LogP contribution in [0.2, 0.25) is 5.02 Å². The van der Waals surface area contributed by atoms with Crippen molar-refractivity contribution in [3.63, 3.8) is 0 Å². The van der Waals surface area contributed by atoms with Crippen molar-refractivity contribution in [3.05, 3.63) is 35.2 Å². The van der Waals surface area contributed by atoms with E-state index in [1.165, 1.54) is 0 Å². The number of nitrogens with zero attached hydrogens (tertiary/aromatic N) is 2. The Kier molecular flexibility index (Phi) is 4.22. The molecule has 0 saturated carbocycles. The third-order valence-electron chi connectivity index (χ3n) is 2.88. The highest BCUT2D eigenvalue weighted by molar-refractivity contribution is 6.30. The Bertz CT molecular complexity index is 524. The molecule has 96 valence electrons. The quantitative estimate of drug-likeness (QED) is 0.920. The van der Waals surface area contributed by atoms with Gasteiger partial charge in [-0.1, -0.05) is 28.9 Å². The molecule has 4 nitrogen and oxygen atoms in total. The smallest absolute Gasteiger partial charge is 0.244 e. The summed E-state index contributed by atoms with van der Waals surface area (Å²) < 4.78 is 5.28. The van der Waals surface area contributed by atoms with Gasteiger partial charge in [0.25, 0.3) is 0 Å². The standard InChI is InChI=1S/C12H12ClN3O.ClH/c13-9-4-1-3-8(7-9)11-15-12(17-16-11)10-5-2-6-14-10;/h1,3-4,7,10,14H,2,5-6H2;1H/t10-;/m0./s1. The minimum atomic E-state index is 0. The fraction of sp³-hybridized carbons (Fsp3) is 0.333. The lowest BCUT2D eigenvalue weighted by Gasteiger charge is -2.01. The summed E-state index contributed by atoms with van der Waals surface area (Å²) in [6, 6.07) is 7.66. The van der Waals surface area contributed by atoms with Gasteiger partial charge in [0.05, 0.1) is 6.04 Å². The van der Waals surface area contributed by atoms with E-state index < -0.39 is 0 Å². The first-order valence-corrected chi connectivity index (χ1v) is 6.03. The Labute approximate surface area is 116 Å². The van der Waals surface area contributed by atoms with Gasteiger partial charge in [0.1, 0.15) is 0 Å². The zero-order valence-corrected chi connectivity index (χ0v) is 11.2. The molecule has 0 bridgehead atoms. The van der Waals surface area contributed by atoms with Crippen LogP contribution in [0.25, 0.3) is 11.4 Å². The second kappa shape index (κ2) is 5.69. The van der Waals surface area contributed by atoms with Crippen molar-refractivity contribution in [2.75, 3.05) is 6.54 Å². The normalized spacial score (nSPS) is 18.6. The summed E-state index contributed by atoms with van der Waals surface area (Å²) in [5.74, 6) is 1.26. The van der Waals surface area contributed by atoms with E-state index in [9.17, 15) is 0 Å². The highest BCUT2D eigenvalue weighted by Crippen LogP contribution is 2.25. The van der Waals surface area contributed by atoms with Crippen molar-refractivity contribution in [3.8, 4) is 11.4 Å². The van der Waals surface area contributed by atoms with E-state index in [4.69, 9.17) is 16.1 Å². The summed E-state index contributed by atoms with van der Waals surface area (Å²) in [5, 5.41) is 7.99. The lowest BCUT2D eigenvalue weighted by atomic mass is 10.2. The molecule has 6 heteroatoms. The Morgan fingerprint density at radius 2 is 2.28 bits per heavy atom. The molecule has 1 aliphatic rings. The molecule has 1 aliphatic heterocycles. The molecule has 1 N–H and O–H groups in total. The monoisotopic (exact) mass is 285 g/mol. The van der Waals surface area contributed by atoms with Gasteiger partial charge in [-0.2, -0.15) is 4.98 Å². The van der Waals surface area contributed by atoms with E-state index in [0.29, 0.717) is 16.7 Å². The summed E-state index contributed by atoms with van der Waals surface area (Å²) in [5.41, 5.74) is 0.880. The predicted molar refractivity (Wildman–Crippen MR) is 72.0 cm³/mol. The van der Waals surface area contributed by atoms with Crippen LogP contribution in [0.15, 0.2) is 28.8 Å². The molecule has 18 heavy (non-hydrogen) atoms. The van der Waals surface area contributed by atoms with Crippen LogP contribution in [0.1, 0.15) is 24.8 Å². The number of rotatable bonds is 2. The SMILES string of the molecule is Cl.Clc1cccc(-c2noc([C@@H]3CCCN3)n2)c1. The van der Waals surface area contributed by atoms with Gasteiger partial charge in [-0.05, 0) is 31.5 Å². The molecule has 1 aromatic heterocycles. The van der Waals surface area contributed by atoms with Crippen LogP contribution in [-0.2, 0) is 0 Å². The number of benzene rings is 1. The fourth-order valence-corrected chi connectivity index (χ4v) is 2.21. The Balaban J connectivity index is 0.00000120. The zero-order chi connectivity index (χ0) is 11.7. The third kappa shape index (κ3) is 2.66. The number of hydrogen-bond donors (Lipinski definition) is 1. The van der Waals surface area contributed by atoms with Gasteiger partial charge in [-0.15, -0.1) is 12.4 Å². The molecule has 2 aromatic rings. The first-order chi connectivity index (χ1) is 8.33. The van der Waals surface area contributed by atoms with E-state index in [1.54, 1.807) is 0 Å². The van der Waals surface area contributed by atoms with E-state index in [1.807, 2.05) is 24.3 Å². The topological polar surface area (TPSA) is 51.0 Å². The molecule has 1 atom stereocenters. The van der Waals surface area contributed by atoms with Gasteiger partial charge in [-0.3, -0.25) is 0 Å². The summed E-state index contributed by atoms with van der Waals surface area (Å²) in [6.07, 6.45) is 2.21. The molecule has 1 saturated heterocycles. The van der Waals surface area contributed by atoms with Crippen LogP contribution >= 0.6 is 24.0 Å². The fourth-order valence-electron chi connectivity index (χ4n) is 2.02. The maximum Gasteiger partial charge on any atom is 0.244 e. The Hall–Kier alpha value is -1.10. The van der Waals surface area contributed by atoms with Crippen molar-refractivity contribution < 1.29 is 4.52 Å². The average Bonchev–Trinajstić information content (AvgIpc) is 3.00. The lowest BCUT2D eigenvalue weighted by molar-refractivity contribution is 0.345. The first-order valence-electron chi connectivity index (χ1n) is 5.66. The van der Waals surface area contributed by atoms with E-state index >= 15 is 0 Å². The lowest BCUT2D eigenvalue weighted by Crippen LogP contribution is -2.12. The Morgan fingerprint density at radius 3 is 3.00 bits per heavy atom. The maximum absolute atomic E-state index is 5.93. The van der Waals surface area contributed by atoms with Crippen LogP contribution in [-0.4, -0.2) is 16.7 Å². The van der Waals surface area contributed by atoms with Gasteiger partial charge in [-0.25, -0.2) is 0 Å². The number of nitrogens with one attached hydrogen (secondary N) is 1. The zero-order valence-electron chi connectivity index (χ0n) is 9.60. The molecule has 0 unspecified atom stereocenters. The van der Waals surface area contributed by atoms with Crippen molar-refractivity contribution in [2.24, 2.45) is 0 Å². The van der Waals surface area contributed by atoms with Crippen molar-refractivity contribution in [1.29, 1.82) is 0 Å². The summed E-state index contributed by atoms with van der Waals surface area (Å²) in [4.78, 5) is 4.40. The van der Waals surface area contributed by atoms with Crippen LogP contribution in [0.3, 0.4) is 0 Å². The van der Waals surface area contributed by atoms with Gasteiger partial charge >= 0.3 is 0 Å². The number of halogens is 2. The van der Waals surface area contributed by atoms with Gasteiger partial charge in [0.2, 0.25) is 11.7 Å². The molecule has 0 aliphatic carbocycles. The highest BCUT2D eigenvalue weighted by atomic mass is 35.5. The molecular weight excluding hydrogens is 273 g/mol. The molecule has 0 spiro atoms. The summed E-state index contributed by atoms with van der Waals surface area (Å²) >= 11 is 5.93. The highest BCUT2D eigenvalue weighted by Gasteiger charge is 2.22. The predicted octanol–water partition coefficient (Wildman–Crippen LogP) is 3.24. The molecule has 0 radical (unpaired) electrons. The first kappa shape index (κ1) is 13.3. The maximum atomic E-state index is 5.93. The molecule has 2 heterocycles. The van der Waals surface area contributed by atoms with Crippen molar-refractivity contribution >= 4 is 24.0 Å². The molecule has 1 aromatic carbocycles. The van der Waals surface area contributed by atoms with Crippen molar-refractivity contribution in [2.45, 2.75) is 18.9 Å². The minimum Gasteiger partial charge on any atom is -0.337 e. The largest absolute Gasteiger partial charge is 0.337 e. The number of aromatic nitrogens is 2. The molecule has 1 fully saturated rings. The van der Waals surface area contributed by atoms with E-state index in [-0.39, 0.29) is 18.4 Å². The van der Waals surface area contributed by atoms with Gasteiger partial charge < -0.3 is 9.84 Å². The molecule has 0 amide bonds. The number of hydrogen-bond acceptors (Lipinski definition) is 4. The van der Waals surface area contributed by atoms with Crippen molar-refractivity contribution in [1.82, 2.24) is 15.5 Å². The Morgan fingerprint density at radius 1 is 1.39 bits per heavy atom. The van der Waals surface area contributed by atoms with E-state index in [0.717, 1.165) is 24.9 Å². The van der Waals surface area contributed by atoms with Crippen LogP contribution in [0.5, 0.6) is 0 Å². The minimum absolute atomic E-state index is 0. The second-order valence-electron chi connectivity index (χ2n) is 4.12. The third-order valence-corrected chi connectivity index (χ3v) is 3.12. The van der Waals surface area contributed by atoms with Crippen LogP contribution < -0.4 is 5.32 Å². The molecule has 3 rings (SSSR count). The van der Waals surface area contributed by atoms with Gasteiger partial charge in [0, 0.05) is 10.6 Å². The van der Waals surface area contributed by atoms with Crippen LogP contribution in [0, 0.1) is 0 Å². The summed E-state index contributed by atoms with van der Waals surface area (Å²) in [6.45, 7) is 1.01.